The zero-order valence-electron chi connectivity index (χ0n) is 17.8. The van der Waals surface area contributed by atoms with Gasteiger partial charge in [0.05, 0.1) is 17.4 Å². The SMILES string of the molecule is O=C([O-])c1cccc(-c2ccccc2-c2cc(Br)ccc2OCc2cc(F)c(F)cc2F)n1.[Na+]. The van der Waals surface area contributed by atoms with Gasteiger partial charge in [-0.15, -0.1) is 0 Å². The predicted octanol–water partition coefficient (Wildman–Crippen LogP) is 2.54. The zero-order chi connectivity index (χ0) is 23.5. The van der Waals surface area contributed by atoms with Crippen LogP contribution in [0.25, 0.3) is 22.4 Å². The molecule has 1 heterocycles. The fraction of sp³-hybridized carbons (Fsp3) is 0.0400. The van der Waals surface area contributed by atoms with Gasteiger partial charge in [0.2, 0.25) is 0 Å². The van der Waals surface area contributed by atoms with Crippen LogP contribution in [-0.4, -0.2) is 11.0 Å². The number of aromatic carboxylic acids is 1. The molecule has 0 unspecified atom stereocenters. The van der Waals surface area contributed by atoms with Crippen LogP contribution in [0.15, 0.2) is 77.3 Å². The largest absolute Gasteiger partial charge is 1.00 e. The molecule has 166 valence electrons. The average molecular weight is 536 g/mol. The quantitative estimate of drug-likeness (QED) is 0.281. The molecule has 9 heteroatoms. The first kappa shape index (κ1) is 26.0. The number of carboxylic acid groups (broad SMARTS) is 1. The fourth-order valence-corrected chi connectivity index (χ4v) is 3.67. The van der Waals surface area contributed by atoms with E-state index in [1.54, 1.807) is 54.6 Å². The number of pyridine rings is 1. The smallest absolute Gasteiger partial charge is 0.543 e. The summed E-state index contributed by atoms with van der Waals surface area (Å²) in [6, 6.07) is 18.1. The number of hydrogen-bond acceptors (Lipinski definition) is 4. The monoisotopic (exact) mass is 535 g/mol. The van der Waals surface area contributed by atoms with Crippen molar-refractivity contribution in [2.75, 3.05) is 0 Å². The van der Waals surface area contributed by atoms with Crippen LogP contribution in [-0.2, 0) is 6.61 Å². The average Bonchev–Trinajstić information content (AvgIpc) is 2.81. The van der Waals surface area contributed by atoms with E-state index in [0.29, 0.717) is 34.2 Å². The van der Waals surface area contributed by atoms with Gasteiger partial charge < -0.3 is 14.6 Å². The van der Waals surface area contributed by atoms with E-state index in [1.807, 2.05) is 0 Å². The van der Waals surface area contributed by atoms with Crippen molar-refractivity contribution >= 4 is 21.9 Å². The summed E-state index contributed by atoms with van der Waals surface area (Å²) in [5.41, 5.74) is 1.96. The van der Waals surface area contributed by atoms with E-state index < -0.39 is 23.4 Å². The Bertz CT molecular complexity index is 1370. The Morgan fingerprint density at radius 2 is 1.56 bits per heavy atom. The number of aromatic nitrogens is 1. The minimum Gasteiger partial charge on any atom is -0.543 e. The van der Waals surface area contributed by atoms with Crippen LogP contribution in [0, 0.1) is 17.5 Å². The Kier molecular flexibility index (Phi) is 8.54. The van der Waals surface area contributed by atoms with Crippen LogP contribution in [0.1, 0.15) is 16.1 Å². The van der Waals surface area contributed by atoms with Gasteiger partial charge in [-0.1, -0.05) is 46.3 Å². The van der Waals surface area contributed by atoms with Crippen molar-refractivity contribution in [3.05, 3.63) is 106 Å². The summed E-state index contributed by atoms with van der Waals surface area (Å²) >= 11 is 3.42. The molecule has 4 nitrogen and oxygen atoms in total. The van der Waals surface area contributed by atoms with Gasteiger partial charge in [0.25, 0.3) is 0 Å². The second-order valence-corrected chi connectivity index (χ2v) is 7.94. The van der Waals surface area contributed by atoms with Crippen molar-refractivity contribution in [2.45, 2.75) is 6.61 Å². The molecule has 34 heavy (non-hydrogen) atoms. The van der Waals surface area contributed by atoms with Crippen molar-refractivity contribution in [3.63, 3.8) is 0 Å². The second kappa shape index (κ2) is 11.2. The van der Waals surface area contributed by atoms with Gasteiger partial charge in [-0.05, 0) is 42.0 Å². The molecule has 0 amide bonds. The number of hydrogen-bond donors (Lipinski definition) is 0. The summed E-state index contributed by atoms with van der Waals surface area (Å²) in [5, 5.41) is 11.2. The maximum atomic E-state index is 14.1. The maximum absolute atomic E-state index is 14.1. The van der Waals surface area contributed by atoms with Crippen molar-refractivity contribution in [1.29, 1.82) is 0 Å². The first-order valence-corrected chi connectivity index (χ1v) is 10.5. The summed E-state index contributed by atoms with van der Waals surface area (Å²) < 4.78 is 47.4. The van der Waals surface area contributed by atoms with Crippen LogP contribution in [0.2, 0.25) is 0 Å². The van der Waals surface area contributed by atoms with Crippen molar-refractivity contribution in [1.82, 2.24) is 4.98 Å². The van der Waals surface area contributed by atoms with Crippen molar-refractivity contribution in [2.24, 2.45) is 0 Å². The summed E-state index contributed by atoms with van der Waals surface area (Å²) in [6.07, 6.45) is 0. The first-order valence-electron chi connectivity index (χ1n) is 9.67. The number of carbonyl (C=O) groups is 1. The number of halogens is 4. The molecule has 0 aliphatic rings. The molecular formula is C25H14BrF3NNaO3. The molecule has 1 aromatic heterocycles. The molecule has 0 atom stereocenters. The molecular weight excluding hydrogens is 522 g/mol. The fourth-order valence-electron chi connectivity index (χ4n) is 3.31. The number of nitrogens with zero attached hydrogens (tertiary/aromatic N) is 1. The van der Waals surface area contributed by atoms with E-state index in [1.165, 1.54) is 6.07 Å². The topological polar surface area (TPSA) is 62.2 Å². The number of rotatable bonds is 6. The van der Waals surface area contributed by atoms with E-state index in [9.17, 15) is 23.1 Å². The Labute approximate surface area is 223 Å². The van der Waals surface area contributed by atoms with Crippen LogP contribution in [0.4, 0.5) is 13.2 Å². The predicted molar refractivity (Wildman–Crippen MR) is 118 cm³/mol. The van der Waals surface area contributed by atoms with E-state index in [-0.39, 0.29) is 47.4 Å². The number of carboxylic acids is 1. The van der Waals surface area contributed by atoms with Gasteiger partial charge in [-0.2, -0.15) is 0 Å². The van der Waals surface area contributed by atoms with E-state index in [2.05, 4.69) is 20.9 Å². The van der Waals surface area contributed by atoms with Crippen LogP contribution < -0.4 is 39.4 Å². The molecule has 0 N–H and O–H groups in total. The first-order chi connectivity index (χ1) is 15.8. The summed E-state index contributed by atoms with van der Waals surface area (Å²) in [5.74, 6) is -4.41. The molecule has 0 saturated carbocycles. The van der Waals surface area contributed by atoms with Gasteiger partial charge in [-0.3, -0.25) is 0 Å². The number of ether oxygens (including phenoxy) is 1. The van der Waals surface area contributed by atoms with Crippen molar-refractivity contribution in [3.8, 4) is 28.1 Å². The molecule has 0 bridgehead atoms. The molecule has 4 rings (SSSR count). The molecule has 0 fully saturated rings. The molecule has 3 aromatic carbocycles. The van der Waals surface area contributed by atoms with Crippen LogP contribution in [0.3, 0.4) is 0 Å². The number of carbonyl (C=O) groups excluding carboxylic acids is 1. The van der Waals surface area contributed by atoms with Gasteiger partial charge in [0, 0.05) is 27.2 Å². The minimum absolute atomic E-state index is 0. The minimum atomic E-state index is -1.39. The van der Waals surface area contributed by atoms with Crippen LogP contribution >= 0.6 is 15.9 Å². The summed E-state index contributed by atoms with van der Waals surface area (Å²) in [4.78, 5) is 15.4. The third-order valence-corrected chi connectivity index (χ3v) is 5.36. The molecule has 0 aliphatic carbocycles. The summed E-state index contributed by atoms with van der Waals surface area (Å²) in [7, 11) is 0. The van der Waals surface area contributed by atoms with Gasteiger partial charge in [-0.25, -0.2) is 18.2 Å². The van der Waals surface area contributed by atoms with Crippen LogP contribution in [0.5, 0.6) is 5.75 Å². The third kappa shape index (κ3) is 5.70. The Morgan fingerprint density at radius 1 is 0.853 bits per heavy atom. The van der Waals surface area contributed by atoms with Gasteiger partial charge >= 0.3 is 29.6 Å². The molecule has 0 aliphatic heterocycles. The van der Waals surface area contributed by atoms with Crippen molar-refractivity contribution < 1.29 is 57.4 Å². The maximum Gasteiger partial charge on any atom is 1.00 e. The Balaban J connectivity index is 0.00000324. The zero-order valence-corrected chi connectivity index (χ0v) is 21.4. The second-order valence-electron chi connectivity index (χ2n) is 7.03. The van der Waals surface area contributed by atoms with Gasteiger partial charge in [0.15, 0.2) is 11.6 Å². The third-order valence-electron chi connectivity index (χ3n) is 4.87. The standard InChI is InChI=1S/C25H15BrF3NO3.Na/c26-15-8-9-24(33-13-14-10-20(28)21(29)12-19(14)27)18(11-15)16-4-1-2-5-17(16)22-6-3-7-23(30-22)25(31)32;/h1-12H,13H2,(H,31,32);/q;+1/p-1. The van der Waals surface area contributed by atoms with E-state index >= 15 is 0 Å². The summed E-state index contributed by atoms with van der Waals surface area (Å²) in [6.45, 7) is -0.335. The molecule has 0 spiro atoms. The molecule has 0 saturated heterocycles. The van der Waals surface area contributed by atoms with E-state index in [0.717, 1.165) is 10.5 Å². The molecule has 4 aromatic rings. The molecule has 0 radical (unpaired) electrons. The Morgan fingerprint density at radius 3 is 2.29 bits per heavy atom. The number of benzene rings is 3. The normalized spacial score (nSPS) is 10.5. The van der Waals surface area contributed by atoms with E-state index in [4.69, 9.17) is 4.74 Å². The van der Waals surface area contributed by atoms with Gasteiger partial charge in [0.1, 0.15) is 18.2 Å². The Hall–Kier alpha value is -2.65.